The van der Waals surface area contributed by atoms with Crippen LogP contribution in [0.5, 0.6) is 0 Å². The van der Waals surface area contributed by atoms with Gasteiger partial charge < -0.3 is 4.90 Å². The minimum absolute atomic E-state index is 0.0213. The van der Waals surface area contributed by atoms with Gasteiger partial charge >= 0.3 is 0 Å². The molecule has 1 aromatic rings. The number of hydrogen-bond donors (Lipinski definition) is 1. The van der Waals surface area contributed by atoms with Crippen molar-refractivity contribution >= 4 is 25.7 Å². The van der Waals surface area contributed by atoms with E-state index in [0.29, 0.717) is 6.42 Å². The summed E-state index contributed by atoms with van der Waals surface area (Å²) in [7, 11) is -7.92. The maximum atomic E-state index is 12.4. The number of nitrogens with zero attached hydrogens (tertiary/aromatic N) is 1. The Morgan fingerprint density at radius 3 is 2.08 bits per heavy atom. The second-order valence-electron chi connectivity index (χ2n) is 6.86. The molecule has 0 radical (unpaired) electrons. The molecule has 1 fully saturated rings. The SMILES string of the molecule is CCCCCCCCS(=O)(=O)NS(=O)(=O)c1ccc(N2CCCC2)cc1. The van der Waals surface area contributed by atoms with Gasteiger partial charge in [-0.25, -0.2) is 16.8 Å². The first-order chi connectivity index (χ1) is 12.3. The standard InChI is InChI=1S/C18H30N2O4S2/c1-2-3-4-5-6-9-16-25(21,22)19-26(23,24)18-12-10-17(11-13-18)20-14-7-8-15-20/h10-13,19H,2-9,14-16H2,1H3. The van der Waals surface area contributed by atoms with Gasteiger partial charge in [0.1, 0.15) is 0 Å². The van der Waals surface area contributed by atoms with Gasteiger partial charge in [0.05, 0.1) is 10.6 Å². The molecule has 0 amide bonds. The van der Waals surface area contributed by atoms with Gasteiger partial charge in [-0.3, -0.25) is 0 Å². The van der Waals surface area contributed by atoms with E-state index in [9.17, 15) is 16.8 Å². The zero-order valence-corrected chi connectivity index (χ0v) is 17.1. The first-order valence-electron chi connectivity index (χ1n) is 9.45. The molecule has 148 valence electrons. The normalized spacial score (nSPS) is 15.5. The van der Waals surface area contributed by atoms with E-state index in [4.69, 9.17) is 0 Å². The van der Waals surface area contributed by atoms with Crippen molar-refractivity contribution in [1.29, 1.82) is 0 Å². The third kappa shape index (κ3) is 6.55. The van der Waals surface area contributed by atoms with Crippen LogP contribution in [0.25, 0.3) is 0 Å². The second kappa shape index (κ2) is 9.71. The van der Waals surface area contributed by atoms with Gasteiger partial charge in [0.25, 0.3) is 10.0 Å². The number of sulfonamides is 2. The summed E-state index contributed by atoms with van der Waals surface area (Å²) in [5.41, 5.74) is 0.969. The lowest BCUT2D eigenvalue weighted by atomic mass is 10.1. The number of hydrogen-bond acceptors (Lipinski definition) is 5. The largest absolute Gasteiger partial charge is 0.372 e. The molecule has 0 aliphatic carbocycles. The number of benzene rings is 1. The molecule has 0 atom stereocenters. The van der Waals surface area contributed by atoms with E-state index in [-0.39, 0.29) is 10.6 Å². The quantitative estimate of drug-likeness (QED) is 0.575. The molecule has 6 nitrogen and oxygen atoms in total. The average molecular weight is 403 g/mol. The summed E-state index contributed by atoms with van der Waals surface area (Å²) in [5.74, 6) is -0.162. The highest BCUT2D eigenvalue weighted by molar-refractivity contribution is 8.04. The molecular weight excluding hydrogens is 372 g/mol. The van der Waals surface area contributed by atoms with Crippen LogP contribution in [-0.2, 0) is 20.0 Å². The fourth-order valence-corrected chi connectivity index (χ4v) is 6.27. The lowest BCUT2D eigenvalue weighted by molar-refractivity contribution is 0.570. The van der Waals surface area contributed by atoms with Crippen LogP contribution in [0.15, 0.2) is 29.2 Å². The smallest absolute Gasteiger partial charge is 0.253 e. The molecule has 1 aromatic carbocycles. The van der Waals surface area contributed by atoms with Crippen molar-refractivity contribution in [1.82, 2.24) is 4.13 Å². The minimum atomic E-state index is -4.07. The Morgan fingerprint density at radius 1 is 0.885 bits per heavy atom. The highest BCUT2D eigenvalue weighted by atomic mass is 32.3. The zero-order valence-electron chi connectivity index (χ0n) is 15.5. The monoisotopic (exact) mass is 402 g/mol. The molecule has 0 aromatic heterocycles. The highest BCUT2D eigenvalue weighted by Crippen LogP contribution is 2.22. The molecule has 8 heteroatoms. The Balaban J connectivity index is 1.90. The molecule has 0 bridgehead atoms. The number of unbranched alkanes of at least 4 members (excludes halogenated alkanes) is 5. The van der Waals surface area contributed by atoms with E-state index in [0.717, 1.165) is 63.7 Å². The molecule has 2 rings (SSSR count). The Labute approximate surface area is 158 Å². The number of rotatable bonds is 11. The van der Waals surface area contributed by atoms with Crippen LogP contribution in [0.4, 0.5) is 5.69 Å². The van der Waals surface area contributed by atoms with Crippen LogP contribution in [0, 0.1) is 0 Å². The van der Waals surface area contributed by atoms with E-state index in [1.807, 2.05) is 4.13 Å². The van der Waals surface area contributed by atoms with Gasteiger partial charge in [0.2, 0.25) is 10.0 Å². The molecule has 0 unspecified atom stereocenters. The Morgan fingerprint density at radius 2 is 1.46 bits per heavy atom. The number of nitrogens with one attached hydrogen (secondary N) is 1. The molecule has 0 saturated carbocycles. The molecule has 1 heterocycles. The first-order valence-corrected chi connectivity index (χ1v) is 12.6. The highest BCUT2D eigenvalue weighted by Gasteiger charge is 2.23. The van der Waals surface area contributed by atoms with Crippen molar-refractivity contribution in [2.24, 2.45) is 0 Å². The fraction of sp³-hybridized carbons (Fsp3) is 0.667. The van der Waals surface area contributed by atoms with Gasteiger partial charge in [-0.05, 0) is 43.5 Å². The van der Waals surface area contributed by atoms with Gasteiger partial charge in [0.15, 0.2) is 0 Å². The maximum absolute atomic E-state index is 12.4. The topological polar surface area (TPSA) is 83.5 Å². The van der Waals surface area contributed by atoms with Crippen LogP contribution in [0.3, 0.4) is 0 Å². The molecule has 1 saturated heterocycles. The van der Waals surface area contributed by atoms with Crippen molar-refractivity contribution in [3.8, 4) is 0 Å². The summed E-state index contributed by atoms with van der Waals surface area (Å²) in [6.45, 7) is 4.06. The summed E-state index contributed by atoms with van der Waals surface area (Å²) in [5, 5.41) is 0. The Kier molecular flexibility index (Phi) is 7.91. The molecular formula is C18H30N2O4S2. The van der Waals surface area contributed by atoms with Crippen molar-refractivity contribution in [3.63, 3.8) is 0 Å². The molecule has 0 spiro atoms. The maximum Gasteiger partial charge on any atom is 0.253 e. The van der Waals surface area contributed by atoms with Crippen LogP contribution in [0.2, 0.25) is 0 Å². The lowest BCUT2D eigenvalue weighted by Crippen LogP contribution is -2.32. The third-order valence-electron chi connectivity index (χ3n) is 4.62. The minimum Gasteiger partial charge on any atom is -0.372 e. The summed E-state index contributed by atoms with van der Waals surface area (Å²) in [4.78, 5) is 2.17. The van der Waals surface area contributed by atoms with Crippen molar-refractivity contribution in [2.45, 2.75) is 63.2 Å². The van der Waals surface area contributed by atoms with Crippen molar-refractivity contribution in [3.05, 3.63) is 24.3 Å². The third-order valence-corrected chi connectivity index (χ3v) is 8.23. The van der Waals surface area contributed by atoms with Crippen LogP contribution in [-0.4, -0.2) is 35.7 Å². The molecule has 26 heavy (non-hydrogen) atoms. The van der Waals surface area contributed by atoms with Crippen LogP contribution < -0.4 is 9.03 Å². The molecule has 1 N–H and O–H groups in total. The fourth-order valence-electron chi connectivity index (χ4n) is 3.14. The van der Waals surface area contributed by atoms with E-state index >= 15 is 0 Å². The Bertz CT molecular complexity index is 753. The van der Waals surface area contributed by atoms with E-state index in [1.54, 1.807) is 12.1 Å². The summed E-state index contributed by atoms with van der Waals surface area (Å²) >= 11 is 0. The summed E-state index contributed by atoms with van der Waals surface area (Å²) in [6.07, 6.45) is 7.89. The molecule has 1 aliphatic heterocycles. The Hall–Kier alpha value is -1.12. The van der Waals surface area contributed by atoms with E-state index in [1.165, 1.54) is 12.1 Å². The first kappa shape index (κ1) is 21.2. The predicted molar refractivity (Wildman–Crippen MR) is 105 cm³/mol. The van der Waals surface area contributed by atoms with Gasteiger partial charge in [0, 0.05) is 18.8 Å². The lowest BCUT2D eigenvalue weighted by Gasteiger charge is -2.17. The average Bonchev–Trinajstić information content (AvgIpc) is 3.12. The second-order valence-corrected chi connectivity index (χ2v) is 10.6. The van der Waals surface area contributed by atoms with Crippen LogP contribution >= 0.6 is 0 Å². The van der Waals surface area contributed by atoms with E-state index < -0.39 is 20.0 Å². The van der Waals surface area contributed by atoms with Gasteiger partial charge in [-0.2, -0.15) is 0 Å². The zero-order chi connectivity index (χ0) is 19.0. The predicted octanol–water partition coefficient (Wildman–Crippen LogP) is 3.26. The molecule has 1 aliphatic rings. The number of anilines is 1. The van der Waals surface area contributed by atoms with Gasteiger partial charge in [-0.15, -0.1) is 4.13 Å². The van der Waals surface area contributed by atoms with Crippen molar-refractivity contribution < 1.29 is 16.8 Å². The summed E-state index contributed by atoms with van der Waals surface area (Å²) in [6, 6.07) is 6.41. The van der Waals surface area contributed by atoms with Crippen LogP contribution in [0.1, 0.15) is 58.3 Å². The summed E-state index contributed by atoms with van der Waals surface area (Å²) < 4.78 is 50.7. The van der Waals surface area contributed by atoms with Crippen molar-refractivity contribution in [2.75, 3.05) is 23.7 Å². The van der Waals surface area contributed by atoms with E-state index in [2.05, 4.69) is 11.8 Å². The van der Waals surface area contributed by atoms with Gasteiger partial charge in [-0.1, -0.05) is 39.0 Å².